The third-order valence-electron chi connectivity index (χ3n) is 5.57. The van der Waals surface area contributed by atoms with Gasteiger partial charge in [0.2, 0.25) is 0 Å². The van der Waals surface area contributed by atoms with Gasteiger partial charge in [-0.25, -0.2) is 9.69 Å². The fourth-order valence-electron chi connectivity index (χ4n) is 3.91. The summed E-state index contributed by atoms with van der Waals surface area (Å²) in [6, 6.07) is 11.7. The summed E-state index contributed by atoms with van der Waals surface area (Å²) in [6.07, 6.45) is 1.42. The molecule has 3 aromatic rings. The Hall–Kier alpha value is -4.25. The first-order valence-corrected chi connectivity index (χ1v) is 11.1. The van der Waals surface area contributed by atoms with Crippen LogP contribution in [0, 0.1) is 24.0 Å². The topological polar surface area (TPSA) is 124 Å². The smallest absolute Gasteiger partial charge is 0.335 e. The number of benzene rings is 2. The van der Waals surface area contributed by atoms with Crippen LogP contribution in [0.25, 0.3) is 11.8 Å². The van der Waals surface area contributed by atoms with Gasteiger partial charge in [-0.15, -0.1) is 0 Å². The Morgan fingerprint density at radius 2 is 1.74 bits per heavy atom. The van der Waals surface area contributed by atoms with Crippen molar-refractivity contribution < 1.29 is 24.0 Å². The summed E-state index contributed by atoms with van der Waals surface area (Å²) in [5, 5.41) is 13.3. The SMILES string of the molecule is COc1cc([N+](=O)[O-])ccc1-n1c(C)cc(/C=C2\C(=O)NC(=O)N(c3ccc(Br)cc3)C2=O)c1C. The van der Waals surface area contributed by atoms with Gasteiger partial charge < -0.3 is 9.30 Å². The normalized spacial score (nSPS) is 14.9. The lowest BCUT2D eigenvalue weighted by atomic mass is 10.1. The summed E-state index contributed by atoms with van der Waals surface area (Å²) in [5.74, 6) is -1.26. The van der Waals surface area contributed by atoms with Crippen LogP contribution < -0.4 is 15.0 Å². The number of carbonyl (C=O) groups excluding carboxylic acids is 3. The number of urea groups is 1. The van der Waals surface area contributed by atoms with E-state index < -0.39 is 22.8 Å². The number of anilines is 1. The highest BCUT2D eigenvalue weighted by atomic mass is 79.9. The predicted octanol–water partition coefficient (Wildman–Crippen LogP) is 4.44. The molecule has 0 atom stereocenters. The number of barbiturate groups is 1. The summed E-state index contributed by atoms with van der Waals surface area (Å²) in [6.45, 7) is 3.60. The molecular formula is C24H19BrN4O6. The number of nitrogens with one attached hydrogen (secondary N) is 1. The highest BCUT2D eigenvalue weighted by Crippen LogP contribution is 2.32. The lowest BCUT2D eigenvalue weighted by Gasteiger charge is -2.26. The number of aromatic nitrogens is 1. The predicted molar refractivity (Wildman–Crippen MR) is 132 cm³/mol. The Labute approximate surface area is 208 Å². The highest BCUT2D eigenvalue weighted by Gasteiger charge is 2.37. The number of nitrogens with zero attached hydrogens (tertiary/aromatic N) is 3. The number of carbonyl (C=O) groups is 3. The molecule has 35 heavy (non-hydrogen) atoms. The first kappa shape index (κ1) is 23.9. The second-order valence-corrected chi connectivity index (χ2v) is 8.63. The van der Waals surface area contributed by atoms with Crippen molar-refractivity contribution in [2.75, 3.05) is 12.0 Å². The van der Waals surface area contributed by atoms with Crippen LogP contribution >= 0.6 is 15.9 Å². The van der Waals surface area contributed by atoms with E-state index in [2.05, 4.69) is 21.2 Å². The Balaban J connectivity index is 1.78. The number of imide groups is 2. The average Bonchev–Trinajstić information content (AvgIpc) is 3.09. The van der Waals surface area contributed by atoms with E-state index in [9.17, 15) is 24.5 Å². The molecule has 4 amide bonds. The van der Waals surface area contributed by atoms with Gasteiger partial charge in [-0.2, -0.15) is 0 Å². The number of aryl methyl sites for hydroxylation is 1. The first-order chi connectivity index (χ1) is 16.6. The molecule has 178 valence electrons. The second kappa shape index (κ2) is 9.18. The summed E-state index contributed by atoms with van der Waals surface area (Å²) < 4.78 is 7.94. The van der Waals surface area contributed by atoms with E-state index in [0.717, 1.165) is 15.1 Å². The molecule has 0 unspecified atom stereocenters. The van der Waals surface area contributed by atoms with Gasteiger partial charge >= 0.3 is 6.03 Å². The zero-order chi connectivity index (χ0) is 25.4. The van der Waals surface area contributed by atoms with Gasteiger partial charge in [-0.3, -0.25) is 25.0 Å². The monoisotopic (exact) mass is 538 g/mol. The van der Waals surface area contributed by atoms with Crippen molar-refractivity contribution in [2.24, 2.45) is 0 Å². The zero-order valence-corrected chi connectivity index (χ0v) is 20.5. The molecule has 2 heterocycles. The first-order valence-electron chi connectivity index (χ1n) is 10.3. The van der Waals surface area contributed by atoms with E-state index in [-0.39, 0.29) is 11.3 Å². The Morgan fingerprint density at radius 3 is 2.37 bits per heavy atom. The number of hydrogen-bond donors (Lipinski definition) is 1. The van der Waals surface area contributed by atoms with E-state index >= 15 is 0 Å². The number of ether oxygens (including phenoxy) is 1. The number of methoxy groups -OCH3 is 1. The van der Waals surface area contributed by atoms with Gasteiger partial charge in [-0.1, -0.05) is 15.9 Å². The van der Waals surface area contributed by atoms with Crippen molar-refractivity contribution in [3.63, 3.8) is 0 Å². The van der Waals surface area contributed by atoms with Crippen molar-refractivity contribution in [1.29, 1.82) is 0 Å². The number of amides is 4. The summed E-state index contributed by atoms with van der Waals surface area (Å²) in [7, 11) is 1.42. The molecule has 10 nitrogen and oxygen atoms in total. The minimum Gasteiger partial charge on any atom is -0.494 e. The molecule has 0 radical (unpaired) electrons. The van der Waals surface area contributed by atoms with Crippen LogP contribution in [0.15, 0.2) is 58.6 Å². The Kier molecular flexibility index (Phi) is 6.27. The molecule has 2 aromatic carbocycles. The number of halogens is 1. The molecule has 0 bridgehead atoms. The molecule has 0 aliphatic carbocycles. The largest absolute Gasteiger partial charge is 0.494 e. The molecular weight excluding hydrogens is 520 g/mol. The lowest BCUT2D eigenvalue weighted by Crippen LogP contribution is -2.54. The quantitative estimate of drug-likeness (QED) is 0.221. The Bertz CT molecular complexity index is 1420. The summed E-state index contributed by atoms with van der Waals surface area (Å²) in [4.78, 5) is 49.7. The molecule has 0 spiro atoms. The molecule has 1 aliphatic heterocycles. The van der Waals surface area contributed by atoms with Gasteiger partial charge in [-0.05, 0) is 61.9 Å². The van der Waals surface area contributed by atoms with Crippen molar-refractivity contribution in [2.45, 2.75) is 13.8 Å². The molecule has 1 aromatic heterocycles. The van der Waals surface area contributed by atoms with Gasteiger partial charge in [0.15, 0.2) is 0 Å². The van der Waals surface area contributed by atoms with Gasteiger partial charge in [0, 0.05) is 21.9 Å². The van der Waals surface area contributed by atoms with Gasteiger partial charge in [0.25, 0.3) is 17.5 Å². The summed E-state index contributed by atoms with van der Waals surface area (Å²) in [5.41, 5.74) is 2.52. The molecule has 1 fully saturated rings. The number of nitro groups is 1. The Morgan fingerprint density at radius 1 is 1.06 bits per heavy atom. The van der Waals surface area contributed by atoms with E-state index in [0.29, 0.717) is 28.4 Å². The molecule has 1 saturated heterocycles. The van der Waals surface area contributed by atoms with E-state index in [1.165, 1.54) is 25.3 Å². The standard InChI is InChI=1S/C24H19BrN4O6/c1-13-10-15(14(2)27(13)20-9-8-18(29(33)34)12-21(20)35-3)11-19-22(30)26-24(32)28(23(19)31)17-6-4-16(25)5-7-17/h4-12H,1-3H3,(H,26,30,32)/b19-11+. The van der Waals surface area contributed by atoms with E-state index in [1.54, 1.807) is 47.9 Å². The fourth-order valence-corrected chi connectivity index (χ4v) is 4.17. The van der Waals surface area contributed by atoms with Crippen molar-refractivity contribution in [3.05, 3.63) is 85.6 Å². The van der Waals surface area contributed by atoms with Gasteiger partial charge in [0.05, 0.1) is 29.5 Å². The maximum Gasteiger partial charge on any atom is 0.335 e. The zero-order valence-electron chi connectivity index (χ0n) is 18.9. The molecule has 4 rings (SSSR count). The van der Waals surface area contributed by atoms with Crippen molar-refractivity contribution in [1.82, 2.24) is 9.88 Å². The van der Waals surface area contributed by atoms with Crippen LogP contribution in [-0.4, -0.2) is 34.4 Å². The van der Waals surface area contributed by atoms with Crippen LogP contribution in [0.2, 0.25) is 0 Å². The van der Waals surface area contributed by atoms with E-state index in [1.807, 2.05) is 6.92 Å². The maximum absolute atomic E-state index is 13.2. The third-order valence-corrected chi connectivity index (χ3v) is 6.10. The van der Waals surface area contributed by atoms with Crippen LogP contribution in [0.3, 0.4) is 0 Å². The van der Waals surface area contributed by atoms with Crippen LogP contribution in [0.4, 0.5) is 16.2 Å². The fraction of sp³-hybridized carbons (Fsp3) is 0.125. The highest BCUT2D eigenvalue weighted by molar-refractivity contribution is 9.10. The van der Waals surface area contributed by atoms with Crippen LogP contribution in [0.5, 0.6) is 5.75 Å². The van der Waals surface area contributed by atoms with Crippen molar-refractivity contribution >= 4 is 51.2 Å². The minimum absolute atomic E-state index is 0.113. The third kappa shape index (κ3) is 4.33. The van der Waals surface area contributed by atoms with Gasteiger partial charge in [0.1, 0.15) is 11.3 Å². The second-order valence-electron chi connectivity index (χ2n) is 7.71. The number of nitro benzene ring substituents is 1. The maximum atomic E-state index is 13.2. The lowest BCUT2D eigenvalue weighted by molar-refractivity contribution is -0.384. The number of non-ortho nitro benzene ring substituents is 1. The van der Waals surface area contributed by atoms with Crippen molar-refractivity contribution in [3.8, 4) is 11.4 Å². The molecule has 0 saturated carbocycles. The number of hydrogen-bond acceptors (Lipinski definition) is 6. The van der Waals surface area contributed by atoms with E-state index in [4.69, 9.17) is 4.74 Å². The molecule has 1 aliphatic rings. The average molecular weight is 539 g/mol. The van der Waals surface area contributed by atoms with Crippen LogP contribution in [0.1, 0.15) is 17.0 Å². The summed E-state index contributed by atoms with van der Waals surface area (Å²) >= 11 is 3.31. The molecule has 11 heteroatoms. The molecule has 1 N–H and O–H groups in total. The van der Waals surface area contributed by atoms with Crippen LogP contribution in [-0.2, 0) is 9.59 Å². The minimum atomic E-state index is -0.833. The number of rotatable bonds is 5.